The average Bonchev–Trinajstić information content (AvgIpc) is 2.71. The Labute approximate surface area is 152 Å². The molecular formula is C24H18O2. The molecular weight excluding hydrogens is 320 g/mol. The Morgan fingerprint density at radius 1 is 0.692 bits per heavy atom. The van der Waals surface area contributed by atoms with E-state index in [9.17, 15) is 0 Å². The lowest BCUT2D eigenvalue weighted by atomic mass is 9.80. The van der Waals surface area contributed by atoms with Crippen LogP contribution in [-0.2, 0) is 0 Å². The van der Waals surface area contributed by atoms with Gasteiger partial charge in [0.1, 0.15) is 17.2 Å². The summed E-state index contributed by atoms with van der Waals surface area (Å²) >= 11 is 0. The Kier molecular flexibility index (Phi) is 3.42. The lowest BCUT2D eigenvalue weighted by molar-refractivity contribution is 0.406. The normalized spacial score (nSPS) is 13.0. The predicted octanol–water partition coefficient (Wildman–Crippen LogP) is 6.13. The molecule has 0 spiro atoms. The van der Waals surface area contributed by atoms with Gasteiger partial charge >= 0.3 is 0 Å². The van der Waals surface area contributed by atoms with Crippen LogP contribution < -0.4 is 9.47 Å². The molecule has 1 aliphatic heterocycles. The number of methoxy groups -OCH3 is 1. The van der Waals surface area contributed by atoms with Gasteiger partial charge in [0.15, 0.2) is 0 Å². The van der Waals surface area contributed by atoms with Gasteiger partial charge in [0.05, 0.1) is 7.11 Å². The summed E-state index contributed by atoms with van der Waals surface area (Å²) in [7, 11) is 1.74. The van der Waals surface area contributed by atoms with E-state index in [2.05, 4.69) is 60.7 Å². The zero-order chi connectivity index (χ0) is 17.5. The molecule has 1 aliphatic rings. The molecule has 0 bridgehead atoms. The third-order valence-corrected chi connectivity index (χ3v) is 5.12. The Balaban J connectivity index is 1.88. The van der Waals surface area contributed by atoms with Crippen molar-refractivity contribution in [3.8, 4) is 17.2 Å². The van der Waals surface area contributed by atoms with E-state index in [1.54, 1.807) is 7.11 Å². The zero-order valence-corrected chi connectivity index (χ0v) is 14.5. The molecule has 4 aromatic rings. The van der Waals surface area contributed by atoms with Gasteiger partial charge in [0.2, 0.25) is 0 Å². The Morgan fingerprint density at radius 2 is 1.31 bits per heavy atom. The summed E-state index contributed by atoms with van der Waals surface area (Å²) < 4.78 is 12.0. The van der Waals surface area contributed by atoms with Gasteiger partial charge in [-0.25, -0.2) is 0 Å². The summed E-state index contributed by atoms with van der Waals surface area (Å²) in [6.07, 6.45) is 0. The van der Waals surface area contributed by atoms with E-state index in [1.807, 2.05) is 24.3 Å². The number of ether oxygens (including phenoxy) is 2. The average molecular weight is 338 g/mol. The van der Waals surface area contributed by atoms with Crippen molar-refractivity contribution in [3.63, 3.8) is 0 Å². The SMILES string of the molecule is COc1ccc2ccccc2c1C1c2ccccc2Oc2ccccc21. The van der Waals surface area contributed by atoms with Crippen LogP contribution in [0.4, 0.5) is 0 Å². The molecule has 2 heteroatoms. The molecule has 0 saturated heterocycles. The fraction of sp³-hybridized carbons (Fsp3) is 0.0833. The molecule has 0 aliphatic carbocycles. The summed E-state index contributed by atoms with van der Waals surface area (Å²) in [5.41, 5.74) is 3.52. The molecule has 1 heterocycles. The molecule has 4 aromatic carbocycles. The predicted molar refractivity (Wildman–Crippen MR) is 104 cm³/mol. The molecule has 0 unspecified atom stereocenters. The quantitative estimate of drug-likeness (QED) is 0.385. The number of benzene rings is 4. The summed E-state index contributed by atoms with van der Waals surface area (Å²) in [4.78, 5) is 0. The van der Waals surface area contributed by atoms with Crippen LogP contribution in [0.15, 0.2) is 84.9 Å². The van der Waals surface area contributed by atoms with Gasteiger partial charge in [-0.3, -0.25) is 0 Å². The van der Waals surface area contributed by atoms with E-state index in [0.29, 0.717) is 0 Å². The number of fused-ring (bicyclic) bond motifs is 3. The van der Waals surface area contributed by atoms with Crippen molar-refractivity contribution >= 4 is 10.8 Å². The van der Waals surface area contributed by atoms with Gasteiger partial charge in [-0.05, 0) is 29.0 Å². The minimum atomic E-state index is 0.0669. The van der Waals surface area contributed by atoms with Crippen molar-refractivity contribution in [2.24, 2.45) is 0 Å². The van der Waals surface area contributed by atoms with E-state index in [-0.39, 0.29) is 5.92 Å². The van der Waals surface area contributed by atoms with Crippen LogP contribution in [0.3, 0.4) is 0 Å². The smallest absolute Gasteiger partial charge is 0.131 e. The van der Waals surface area contributed by atoms with Gasteiger partial charge in [-0.15, -0.1) is 0 Å². The lowest BCUT2D eigenvalue weighted by Crippen LogP contribution is -2.13. The Hall–Kier alpha value is -3.26. The minimum Gasteiger partial charge on any atom is -0.496 e. The van der Waals surface area contributed by atoms with Gasteiger partial charge < -0.3 is 9.47 Å². The first-order valence-electron chi connectivity index (χ1n) is 8.78. The van der Waals surface area contributed by atoms with E-state index >= 15 is 0 Å². The molecule has 26 heavy (non-hydrogen) atoms. The number of hydrogen-bond donors (Lipinski definition) is 0. The molecule has 5 rings (SSSR count). The molecule has 126 valence electrons. The third-order valence-electron chi connectivity index (χ3n) is 5.12. The summed E-state index contributed by atoms with van der Waals surface area (Å²) in [6, 6.07) is 29.2. The molecule has 0 radical (unpaired) electrons. The van der Waals surface area contributed by atoms with Crippen molar-refractivity contribution in [2.75, 3.05) is 7.11 Å². The second-order valence-corrected chi connectivity index (χ2v) is 6.51. The van der Waals surface area contributed by atoms with Crippen LogP contribution in [0.25, 0.3) is 10.8 Å². The largest absolute Gasteiger partial charge is 0.496 e. The summed E-state index contributed by atoms with van der Waals surface area (Å²) in [5, 5.41) is 2.42. The molecule has 2 nitrogen and oxygen atoms in total. The maximum Gasteiger partial charge on any atom is 0.131 e. The summed E-state index contributed by atoms with van der Waals surface area (Å²) in [5.74, 6) is 2.79. The highest BCUT2D eigenvalue weighted by Crippen LogP contribution is 2.50. The van der Waals surface area contributed by atoms with Crippen LogP contribution in [0.2, 0.25) is 0 Å². The van der Waals surface area contributed by atoms with Gasteiger partial charge in [0, 0.05) is 22.6 Å². The molecule has 0 atom stereocenters. The second kappa shape index (κ2) is 5.92. The van der Waals surface area contributed by atoms with E-state index < -0.39 is 0 Å². The van der Waals surface area contributed by atoms with Gasteiger partial charge in [-0.1, -0.05) is 66.7 Å². The second-order valence-electron chi connectivity index (χ2n) is 6.51. The maximum atomic E-state index is 6.17. The van der Waals surface area contributed by atoms with Crippen molar-refractivity contribution in [3.05, 3.63) is 102 Å². The maximum absolute atomic E-state index is 6.17. The molecule has 0 saturated carbocycles. The first-order valence-corrected chi connectivity index (χ1v) is 8.78. The lowest BCUT2D eigenvalue weighted by Gasteiger charge is -2.30. The van der Waals surface area contributed by atoms with Gasteiger partial charge in [0.25, 0.3) is 0 Å². The molecule has 0 N–H and O–H groups in total. The topological polar surface area (TPSA) is 18.5 Å². The fourth-order valence-electron chi connectivity index (χ4n) is 3.97. The van der Waals surface area contributed by atoms with Crippen LogP contribution in [0.5, 0.6) is 17.2 Å². The standard InChI is InChI=1S/C24H18O2/c1-25-22-15-14-16-8-2-3-9-17(16)24(22)23-18-10-4-6-12-20(18)26-21-13-7-5-11-19(21)23/h2-15,23H,1H3. The van der Waals surface area contributed by atoms with Crippen molar-refractivity contribution in [2.45, 2.75) is 5.92 Å². The van der Waals surface area contributed by atoms with Gasteiger partial charge in [-0.2, -0.15) is 0 Å². The highest BCUT2D eigenvalue weighted by atomic mass is 16.5. The third kappa shape index (κ3) is 2.19. The van der Waals surface area contributed by atoms with Crippen LogP contribution >= 0.6 is 0 Å². The minimum absolute atomic E-state index is 0.0669. The molecule has 0 fully saturated rings. The summed E-state index contributed by atoms with van der Waals surface area (Å²) in [6.45, 7) is 0. The van der Waals surface area contributed by atoms with Crippen molar-refractivity contribution in [1.82, 2.24) is 0 Å². The Bertz CT molecular complexity index is 1070. The Morgan fingerprint density at radius 3 is 2.00 bits per heavy atom. The number of hydrogen-bond acceptors (Lipinski definition) is 2. The highest BCUT2D eigenvalue weighted by Gasteiger charge is 2.31. The van der Waals surface area contributed by atoms with Crippen molar-refractivity contribution < 1.29 is 9.47 Å². The molecule has 0 amide bonds. The fourth-order valence-corrected chi connectivity index (χ4v) is 3.97. The van der Waals surface area contributed by atoms with Crippen LogP contribution in [0.1, 0.15) is 22.6 Å². The zero-order valence-electron chi connectivity index (χ0n) is 14.5. The number of rotatable bonds is 2. The first kappa shape index (κ1) is 15.0. The monoisotopic (exact) mass is 338 g/mol. The van der Waals surface area contributed by atoms with E-state index in [0.717, 1.165) is 17.2 Å². The first-order chi connectivity index (χ1) is 12.9. The van der Waals surface area contributed by atoms with E-state index in [4.69, 9.17) is 9.47 Å². The molecule has 0 aromatic heterocycles. The number of para-hydroxylation sites is 2. The van der Waals surface area contributed by atoms with Crippen molar-refractivity contribution in [1.29, 1.82) is 0 Å². The van der Waals surface area contributed by atoms with Crippen LogP contribution in [-0.4, -0.2) is 7.11 Å². The van der Waals surface area contributed by atoms with Crippen LogP contribution in [0, 0.1) is 0 Å². The van der Waals surface area contributed by atoms with E-state index in [1.165, 1.54) is 27.5 Å². The highest BCUT2D eigenvalue weighted by molar-refractivity contribution is 5.90.